The van der Waals surface area contributed by atoms with Crippen LogP contribution in [0, 0.1) is 6.92 Å². The Bertz CT molecular complexity index is 559. The van der Waals surface area contributed by atoms with Gasteiger partial charge in [-0.3, -0.25) is 4.79 Å². The first kappa shape index (κ1) is 15.3. The molecule has 112 valence electrons. The van der Waals surface area contributed by atoms with Crippen molar-refractivity contribution in [1.29, 1.82) is 0 Å². The van der Waals surface area contributed by atoms with Crippen molar-refractivity contribution in [2.75, 3.05) is 13.2 Å². The molecule has 0 saturated carbocycles. The minimum atomic E-state index is -1.01. The van der Waals surface area contributed by atoms with Gasteiger partial charge >= 0.3 is 5.97 Å². The highest BCUT2D eigenvalue weighted by Crippen LogP contribution is 2.14. The van der Waals surface area contributed by atoms with Crippen LogP contribution in [0.3, 0.4) is 0 Å². The van der Waals surface area contributed by atoms with Gasteiger partial charge in [0.05, 0.1) is 6.10 Å². The SMILES string of the molecule is Cc1ccc(C=CC(=O)O)cc1C(=O)NCC1CCCO1. The molecule has 1 atom stereocenters. The number of aryl methyl sites for hydroxylation is 1. The summed E-state index contributed by atoms with van der Waals surface area (Å²) in [6.45, 7) is 3.12. The van der Waals surface area contributed by atoms with E-state index in [2.05, 4.69) is 5.32 Å². The van der Waals surface area contributed by atoms with E-state index in [1.807, 2.05) is 13.0 Å². The zero-order chi connectivity index (χ0) is 15.2. The molecule has 2 N–H and O–H groups in total. The van der Waals surface area contributed by atoms with E-state index in [1.165, 1.54) is 6.08 Å². The molecule has 5 heteroatoms. The van der Waals surface area contributed by atoms with Crippen LogP contribution in [0.15, 0.2) is 24.3 Å². The number of carboxylic acid groups (broad SMARTS) is 1. The summed E-state index contributed by atoms with van der Waals surface area (Å²) >= 11 is 0. The van der Waals surface area contributed by atoms with Gasteiger partial charge in [-0.15, -0.1) is 0 Å². The van der Waals surface area contributed by atoms with Gasteiger partial charge in [-0.2, -0.15) is 0 Å². The highest BCUT2D eigenvalue weighted by Gasteiger charge is 2.17. The largest absolute Gasteiger partial charge is 0.478 e. The minimum Gasteiger partial charge on any atom is -0.478 e. The number of aliphatic carboxylic acids is 1. The van der Waals surface area contributed by atoms with Crippen LogP contribution in [-0.2, 0) is 9.53 Å². The number of ether oxygens (including phenoxy) is 1. The molecule has 2 rings (SSSR count). The second-order valence-electron chi connectivity index (χ2n) is 5.09. The summed E-state index contributed by atoms with van der Waals surface area (Å²) in [4.78, 5) is 22.7. The smallest absolute Gasteiger partial charge is 0.328 e. The van der Waals surface area contributed by atoms with Gasteiger partial charge in [-0.25, -0.2) is 4.79 Å². The normalized spacial score (nSPS) is 18.0. The van der Waals surface area contributed by atoms with E-state index in [1.54, 1.807) is 12.1 Å². The van der Waals surface area contributed by atoms with Gasteiger partial charge in [-0.1, -0.05) is 12.1 Å². The monoisotopic (exact) mass is 289 g/mol. The number of benzene rings is 1. The quantitative estimate of drug-likeness (QED) is 0.813. The average molecular weight is 289 g/mol. The first-order chi connectivity index (χ1) is 10.1. The Morgan fingerprint density at radius 2 is 2.29 bits per heavy atom. The lowest BCUT2D eigenvalue weighted by Crippen LogP contribution is -2.32. The molecule has 1 fully saturated rings. The molecule has 0 aromatic heterocycles. The van der Waals surface area contributed by atoms with Crippen molar-refractivity contribution in [2.45, 2.75) is 25.9 Å². The van der Waals surface area contributed by atoms with Crippen LogP contribution < -0.4 is 5.32 Å². The van der Waals surface area contributed by atoms with Gasteiger partial charge in [0.25, 0.3) is 5.91 Å². The summed E-state index contributed by atoms with van der Waals surface area (Å²) in [5, 5.41) is 11.5. The zero-order valence-corrected chi connectivity index (χ0v) is 12.0. The van der Waals surface area contributed by atoms with E-state index < -0.39 is 5.97 Å². The van der Waals surface area contributed by atoms with Gasteiger partial charge in [0, 0.05) is 24.8 Å². The summed E-state index contributed by atoms with van der Waals surface area (Å²) in [5.74, 6) is -1.17. The summed E-state index contributed by atoms with van der Waals surface area (Å²) in [5.41, 5.74) is 2.10. The van der Waals surface area contributed by atoms with Gasteiger partial charge in [0.15, 0.2) is 0 Å². The number of hydrogen-bond acceptors (Lipinski definition) is 3. The fourth-order valence-corrected chi connectivity index (χ4v) is 2.26. The second kappa shape index (κ2) is 7.04. The van der Waals surface area contributed by atoms with Crippen LogP contribution in [0.25, 0.3) is 6.08 Å². The Morgan fingerprint density at radius 3 is 2.95 bits per heavy atom. The van der Waals surface area contributed by atoms with E-state index in [0.717, 1.165) is 31.1 Å². The molecule has 1 heterocycles. The van der Waals surface area contributed by atoms with Crippen LogP contribution in [0.4, 0.5) is 0 Å². The number of amides is 1. The van der Waals surface area contributed by atoms with Crippen molar-refractivity contribution in [3.63, 3.8) is 0 Å². The topological polar surface area (TPSA) is 75.6 Å². The molecule has 0 spiro atoms. The predicted molar refractivity (Wildman–Crippen MR) is 79.2 cm³/mol. The van der Waals surface area contributed by atoms with Gasteiger partial charge in [-0.05, 0) is 43.0 Å². The van der Waals surface area contributed by atoms with E-state index in [4.69, 9.17) is 9.84 Å². The van der Waals surface area contributed by atoms with Crippen LogP contribution >= 0.6 is 0 Å². The van der Waals surface area contributed by atoms with Crippen molar-refractivity contribution in [1.82, 2.24) is 5.32 Å². The fraction of sp³-hybridized carbons (Fsp3) is 0.375. The molecule has 1 aliphatic rings. The standard InChI is InChI=1S/C16H19NO4/c1-11-4-5-12(6-7-15(18)19)9-14(11)16(20)17-10-13-3-2-8-21-13/h4-7,9,13H,2-3,8,10H2,1H3,(H,17,20)(H,18,19). The van der Waals surface area contributed by atoms with Gasteiger partial charge in [0.1, 0.15) is 0 Å². The summed E-state index contributed by atoms with van der Waals surface area (Å²) in [7, 11) is 0. The maximum absolute atomic E-state index is 12.2. The van der Waals surface area contributed by atoms with Crippen molar-refractivity contribution in [3.05, 3.63) is 41.0 Å². The first-order valence-electron chi connectivity index (χ1n) is 6.97. The molecule has 1 saturated heterocycles. The molecule has 0 bridgehead atoms. The Balaban J connectivity index is 2.04. The molecule has 1 aromatic rings. The number of hydrogen-bond donors (Lipinski definition) is 2. The Morgan fingerprint density at radius 1 is 1.48 bits per heavy atom. The highest BCUT2D eigenvalue weighted by atomic mass is 16.5. The molecule has 1 aliphatic heterocycles. The number of nitrogens with one attached hydrogen (secondary N) is 1. The molecule has 1 amide bonds. The van der Waals surface area contributed by atoms with Crippen LogP contribution in [-0.4, -0.2) is 36.2 Å². The molecule has 0 radical (unpaired) electrons. The molecular weight excluding hydrogens is 270 g/mol. The lowest BCUT2D eigenvalue weighted by atomic mass is 10.0. The third kappa shape index (κ3) is 4.43. The Hall–Kier alpha value is -2.14. The average Bonchev–Trinajstić information content (AvgIpc) is 2.97. The Labute approximate surface area is 123 Å². The lowest BCUT2D eigenvalue weighted by molar-refractivity contribution is -0.131. The third-order valence-corrected chi connectivity index (χ3v) is 3.44. The highest BCUT2D eigenvalue weighted by molar-refractivity contribution is 5.96. The van der Waals surface area contributed by atoms with E-state index in [-0.39, 0.29) is 12.0 Å². The van der Waals surface area contributed by atoms with E-state index in [9.17, 15) is 9.59 Å². The summed E-state index contributed by atoms with van der Waals surface area (Å²) in [6, 6.07) is 5.29. The maximum Gasteiger partial charge on any atom is 0.328 e. The molecule has 0 aliphatic carbocycles. The van der Waals surface area contributed by atoms with Crippen molar-refractivity contribution in [3.8, 4) is 0 Å². The van der Waals surface area contributed by atoms with Crippen LogP contribution in [0.5, 0.6) is 0 Å². The molecule has 1 unspecified atom stereocenters. The van der Waals surface area contributed by atoms with E-state index in [0.29, 0.717) is 17.7 Å². The molecular formula is C16H19NO4. The predicted octanol–water partition coefficient (Wildman–Crippen LogP) is 2.00. The van der Waals surface area contributed by atoms with Crippen molar-refractivity contribution < 1.29 is 19.4 Å². The summed E-state index contributed by atoms with van der Waals surface area (Å²) in [6.07, 6.45) is 4.64. The van der Waals surface area contributed by atoms with Crippen LogP contribution in [0.1, 0.15) is 34.3 Å². The third-order valence-electron chi connectivity index (χ3n) is 3.44. The number of carbonyl (C=O) groups is 2. The second-order valence-corrected chi connectivity index (χ2v) is 5.09. The zero-order valence-electron chi connectivity index (χ0n) is 12.0. The fourth-order valence-electron chi connectivity index (χ4n) is 2.26. The molecule has 5 nitrogen and oxygen atoms in total. The van der Waals surface area contributed by atoms with Gasteiger partial charge in [0.2, 0.25) is 0 Å². The van der Waals surface area contributed by atoms with Crippen molar-refractivity contribution in [2.24, 2.45) is 0 Å². The Kier molecular flexibility index (Phi) is 5.11. The lowest BCUT2D eigenvalue weighted by Gasteiger charge is -2.12. The van der Waals surface area contributed by atoms with Crippen LogP contribution in [0.2, 0.25) is 0 Å². The minimum absolute atomic E-state index is 0.101. The first-order valence-corrected chi connectivity index (χ1v) is 6.97. The number of carboxylic acids is 1. The molecule has 1 aromatic carbocycles. The van der Waals surface area contributed by atoms with Crippen molar-refractivity contribution >= 4 is 18.0 Å². The molecule has 21 heavy (non-hydrogen) atoms. The number of rotatable bonds is 5. The maximum atomic E-state index is 12.2. The van der Waals surface area contributed by atoms with Gasteiger partial charge < -0.3 is 15.2 Å². The van der Waals surface area contributed by atoms with E-state index >= 15 is 0 Å². The summed E-state index contributed by atoms with van der Waals surface area (Å²) < 4.78 is 5.47. The number of carbonyl (C=O) groups excluding carboxylic acids is 1.